The highest BCUT2D eigenvalue weighted by Gasteiger charge is 2.21. The van der Waals surface area contributed by atoms with Crippen LogP contribution in [0.3, 0.4) is 0 Å². The zero-order valence-corrected chi connectivity index (χ0v) is 19.0. The molecule has 162 valence electrons. The van der Waals surface area contributed by atoms with E-state index in [0.29, 0.717) is 23.6 Å². The van der Waals surface area contributed by atoms with Gasteiger partial charge in [0.2, 0.25) is 0 Å². The zero-order valence-electron chi connectivity index (χ0n) is 19.0. The van der Waals surface area contributed by atoms with Crippen molar-refractivity contribution in [3.63, 3.8) is 0 Å². The standard InChI is InChI=1S/C27H43NO/c1-21-18-24(20-28-26-17-13-12-14-22(26)2)27(29)25(19-21)23-15-10-8-6-4-3-5-7-9-11-16-23/h18-20,22-23,26,29H,3-17H2,1-2H3. The van der Waals surface area contributed by atoms with E-state index in [2.05, 4.69) is 26.0 Å². The lowest BCUT2D eigenvalue weighted by molar-refractivity contribution is 0.333. The van der Waals surface area contributed by atoms with Crippen LogP contribution in [0, 0.1) is 12.8 Å². The molecule has 0 bridgehead atoms. The summed E-state index contributed by atoms with van der Waals surface area (Å²) in [5.41, 5.74) is 3.37. The highest BCUT2D eigenvalue weighted by Crippen LogP contribution is 2.37. The first kappa shape index (κ1) is 22.4. The second kappa shape index (κ2) is 11.8. The van der Waals surface area contributed by atoms with E-state index in [9.17, 15) is 5.11 Å². The topological polar surface area (TPSA) is 32.6 Å². The number of benzene rings is 1. The number of hydrogen-bond donors (Lipinski definition) is 1. The van der Waals surface area contributed by atoms with Crippen molar-refractivity contribution in [3.05, 3.63) is 28.8 Å². The Labute approximate surface area is 179 Å². The molecule has 1 aromatic carbocycles. The van der Waals surface area contributed by atoms with Gasteiger partial charge in [0.25, 0.3) is 0 Å². The van der Waals surface area contributed by atoms with Crippen LogP contribution >= 0.6 is 0 Å². The Bertz CT molecular complexity index is 638. The van der Waals surface area contributed by atoms with Crippen LogP contribution in [0.5, 0.6) is 5.75 Å². The van der Waals surface area contributed by atoms with Gasteiger partial charge >= 0.3 is 0 Å². The Balaban J connectivity index is 1.76. The predicted molar refractivity (Wildman–Crippen MR) is 125 cm³/mol. The van der Waals surface area contributed by atoms with Crippen LogP contribution in [0.4, 0.5) is 0 Å². The fourth-order valence-electron chi connectivity index (χ4n) is 5.41. The van der Waals surface area contributed by atoms with E-state index in [0.717, 1.165) is 5.56 Å². The molecule has 2 aliphatic rings. The molecule has 0 aromatic heterocycles. The number of phenols is 1. The van der Waals surface area contributed by atoms with Gasteiger partial charge in [0.15, 0.2) is 0 Å². The largest absolute Gasteiger partial charge is 0.507 e. The maximum atomic E-state index is 11.2. The van der Waals surface area contributed by atoms with E-state index >= 15 is 0 Å². The first-order valence-corrected chi connectivity index (χ1v) is 12.5. The fourth-order valence-corrected chi connectivity index (χ4v) is 5.41. The SMILES string of the molecule is Cc1cc(C=NC2CCCCC2C)c(O)c(C2CCCCCCCCCCC2)c1. The minimum atomic E-state index is 0.424. The van der Waals surface area contributed by atoms with Crippen molar-refractivity contribution in [2.45, 2.75) is 122 Å². The molecule has 0 heterocycles. The lowest BCUT2D eigenvalue weighted by Crippen LogP contribution is -2.20. The Hall–Kier alpha value is -1.31. The van der Waals surface area contributed by atoms with Crippen molar-refractivity contribution >= 4 is 6.21 Å². The van der Waals surface area contributed by atoms with Gasteiger partial charge in [-0.15, -0.1) is 0 Å². The molecule has 0 radical (unpaired) electrons. The van der Waals surface area contributed by atoms with E-state index in [1.54, 1.807) is 0 Å². The van der Waals surface area contributed by atoms with Gasteiger partial charge in [-0.2, -0.15) is 0 Å². The number of rotatable bonds is 3. The molecule has 0 aliphatic heterocycles. The van der Waals surface area contributed by atoms with E-state index in [1.165, 1.54) is 107 Å². The number of hydrogen-bond acceptors (Lipinski definition) is 2. The summed E-state index contributed by atoms with van der Waals surface area (Å²) in [6, 6.07) is 4.78. The summed E-state index contributed by atoms with van der Waals surface area (Å²) < 4.78 is 0. The molecule has 3 rings (SSSR count). The van der Waals surface area contributed by atoms with Gasteiger partial charge in [0.05, 0.1) is 6.04 Å². The average molecular weight is 398 g/mol. The minimum absolute atomic E-state index is 0.424. The van der Waals surface area contributed by atoms with Crippen LogP contribution in [0.25, 0.3) is 0 Å². The maximum Gasteiger partial charge on any atom is 0.127 e. The molecular weight excluding hydrogens is 354 g/mol. The number of aliphatic imine (C=N–C) groups is 1. The predicted octanol–water partition coefficient (Wildman–Crippen LogP) is 8.09. The average Bonchev–Trinajstić information content (AvgIpc) is 2.70. The lowest BCUT2D eigenvalue weighted by Gasteiger charge is -2.25. The van der Waals surface area contributed by atoms with Crippen LogP contribution < -0.4 is 0 Å². The molecule has 2 heteroatoms. The summed E-state index contributed by atoms with van der Waals surface area (Å²) in [6.45, 7) is 4.49. The van der Waals surface area contributed by atoms with E-state index in [4.69, 9.17) is 4.99 Å². The first-order valence-electron chi connectivity index (χ1n) is 12.5. The summed E-state index contributed by atoms with van der Waals surface area (Å²) in [4.78, 5) is 4.92. The minimum Gasteiger partial charge on any atom is -0.507 e. The van der Waals surface area contributed by atoms with Crippen molar-refractivity contribution in [1.29, 1.82) is 0 Å². The lowest BCUT2D eigenvalue weighted by atomic mass is 9.85. The molecule has 2 aliphatic carbocycles. The number of aryl methyl sites for hydroxylation is 1. The summed E-state index contributed by atoms with van der Waals surface area (Å²) >= 11 is 0. The van der Waals surface area contributed by atoms with Gasteiger partial charge in [-0.05, 0) is 61.6 Å². The number of aromatic hydroxyl groups is 1. The molecule has 2 saturated carbocycles. The second-order valence-corrected chi connectivity index (χ2v) is 9.86. The molecule has 0 amide bonds. The van der Waals surface area contributed by atoms with Crippen LogP contribution in [0.2, 0.25) is 0 Å². The third kappa shape index (κ3) is 6.86. The van der Waals surface area contributed by atoms with Gasteiger partial charge in [-0.25, -0.2) is 0 Å². The van der Waals surface area contributed by atoms with Crippen molar-refractivity contribution in [2.24, 2.45) is 10.9 Å². The quantitative estimate of drug-likeness (QED) is 0.514. The van der Waals surface area contributed by atoms with Crippen LogP contribution in [-0.4, -0.2) is 17.4 Å². The molecule has 2 nitrogen and oxygen atoms in total. The highest BCUT2D eigenvalue weighted by molar-refractivity contribution is 5.84. The Morgan fingerprint density at radius 3 is 1.97 bits per heavy atom. The number of phenolic OH excluding ortho intramolecular Hbond substituents is 1. The van der Waals surface area contributed by atoms with Gasteiger partial charge < -0.3 is 5.11 Å². The third-order valence-corrected chi connectivity index (χ3v) is 7.33. The Kier molecular flexibility index (Phi) is 9.08. The second-order valence-electron chi connectivity index (χ2n) is 9.86. The van der Waals surface area contributed by atoms with Gasteiger partial charge in [-0.3, -0.25) is 4.99 Å². The summed E-state index contributed by atoms with van der Waals surface area (Å²) in [6.07, 6.45) is 21.8. The normalized spacial score (nSPS) is 26.1. The molecule has 2 fully saturated rings. The summed E-state index contributed by atoms with van der Waals surface area (Å²) in [7, 11) is 0. The van der Waals surface area contributed by atoms with Crippen LogP contribution in [-0.2, 0) is 0 Å². The van der Waals surface area contributed by atoms with Crippen molar-refractivity contribution < 1.29 is 5.11 Å². The Morgan fingerprint density at radius 1 is 0.793 bits per heavy atom. The van der Waals surface area contributed by atoms with Crippen molar-refractivity contribution in [3.8, 4) is 5.75 Å². The monoisotopic (exact) mass is 397 g/mol. The highest BCUT2D eigenvalue weighted by atomic mass is 16.3. The van der Waals surface area contributed by atoms with E-state index in [-0.39, 0.29) is 0 Å². The van der Waals surface area contributed by atoms with Crippen LogP contribution in [0.1, 0.15) is 126 Å². The van der Waals surface area contributed by atoms with Gasteiger partial charge in [-0.1, -0.05) is 83.6 Å². The van der Waals surface area contributed by atoms with Crippen molar-refractivity contribution in [2.75, 3.05) is 0 Å². The number of nitrogens with zero attached hydrogens (tertiary/aromatic N) is 1. The molecular formula is C27H43NO. The van der Waals surface area contributed by atoms with Crippen molar-refractivity contribution in [1.82, 2.24) is 0 Å². The molecule has 2 unspecified atom stereocenters. The zero-order chi connectivity index (χ0) is 20.5. The third-order valence-electron chi connectivity index (χ3n) is 7.33. The summed E-state index contributed by atoms with van der Waals surface area (Å²) in [5.74, 6) is 1.66. The smallest absolute Gasteiger partial charge is 0.127 e. The molecule has 2 atom stereocenters. The van der Waals surface area contributed by atoms with Gasteiger partial charge in [0, 0.05) is 11.8 Å². The summed E-state index contributed by atoms with van der Waals surface area (Å²) in [5, 5.41) is 11.2. The Morgan fingerprint density at radius 2 is 1.34 bits per heavy atom. The van der Waals surface area contributed by atoms with E-state index in [1.807, 2.05) is 6.21 Å². The molecule has 1 N–H and O–H groups in total. The first-order chi connectivity index (χ1) is 14.1. The van der Waals surface area contributed by atoms with Gasteiger partial charge in [0.1, 0.15) is 5.75 Å². The molecule has 1 aromatic rings. The molecule has 0 saturated heterocycles. The maximum absolute atomic E-state index is 11.2. The molecule has 29 heavy (non-hydrogen) atoms. The molecule has 0 spiro atoms. The fraction of sp³-hybridized carbons (Fsp3) is 0.741. The van der Waals surface area contributed by atoms with Crippen LogP contribution in [0.15, 0.2) is 17.1 Å². The van der Waals surface area contributed by atoms with E-state index < -0.39 is 0 Å².